The Bertz CT molecular complexity index is 1020. The van der Waals surface area contributed by atoms with Crippen molar-refractivity contribution in [3.05, 3.63) is 71.7 Å². The second-order valence-corrected chi connectivity index (χ2v) is 8.15. The molecule has 1 fully saturated rings. The molecule has 3 aromatic rings. The largest absolute Gasteiger partial charge is 0.389 e. The summed E-state index contributed by atoms with van der Waals surface area (Å²) in [5.74, 6) is -0.221. The number of pyridine rings is 1. The maximum absolute atomic E-state index is 13.7. The van der Waals surface area contributed by atoms with E-state index in [-0.39, 0.29) is 24.1 Å². The summed E-state index contributed by atoms with van der Waals surface area (Å²) in [4.78, 5) is 16.7. The third-order valence-corrected chi connectivity index (χ3v) is 5.92. The molecule has 1 aromatic heterocycles. The van der Waals surface area contributed by atoms with Gasteiger partial charge < -0.3 is 10.4 Å². The number of aryl methyl sites for hydroxylation is 1. The standard InChI is InChI=1S/C24H25FN2O2/c1-16-2-5-19(6-3-16)27-23(28)15-24(29)11-8-17(9-12-24)20-10-13-26-22-7-4-18(25)14-21(20)22/h2-7,10,13-14,17,29H,8-9,11-12,15H2,1H3,(H,27,28). The summed E-state index contributed by atoms with van der Waals surface area (Å²) < 4.78 is 13.7. The summed E-state index contributed by atoms with van der Waals surface area (Å²) in [5.41, 5.74) is 2.72. The molecule has 0 radical (unpaired) electrons. The Labute approximate surface area is 169 Å². The van der Waals surface area contributed by atoms with Crippen LogP contribution in [0.4, 0.5) is 10.1 Å². The molecule has 2 N–H and O–H groups in total. The molecule has 4 rings (SSSR count). The predicted octanol–water partition coefficient (Wildman–Crippen LogP) is 5.10. The number of rotatable bonds is 4. The summed E-state index contributed by atoms with van der Waals surface area (Å²) >= 11 is 0. The number of halogens is 1. The Morgan fingerprint density at radius 2 is 1.90 bits per heavy atom. The molecule has 1 aliphatic carbocycles. The zero-order chi connectivity index (χ0) is 20.4. The number of nitrogens with one attached hydrogen (secondary N) is 1. The summed E-state index contributed by atoms with van der Waals surface area (Å²) in [6.07, 6.45) is 4.43. The molecule has 0 unspecified atom stereocenters. The van der Waals surface area contributed by atoms with E-state index in [0.717, 1.165) is 40.6 Å². The Kier molecular flexibility index (Phi) is 5.33. The zero-order valence-electron chi connectivity index (χ0n) is 16.5. The van der Waals surface area contributed by atoms with Crippen LogP contribution in [0.3, 0.4) is 0 Å². The summed E-state index contributed by atoms with van der Waals surface area (Å²) in [6, 6.07) is 14.2. The van der Waals surface area contributed by atoms with Crippen LogP contribution in [0.25, 0.3) is 10.9 Å². The van der Waals surface area contributed by atoms with Gasteiger partial charge in [-0.3, -0.25) is 9.78 Å². The van der Waals surface area contributed by atoms with Crippen molar-refractivity contribution in [2.75, 3.05) is 5.32 Å². The SMILES string of the molecule is Cc1ccc(NC(=O)CC2(O)CCC(c3ccnc4ccc(F)cc34)CC2)cc1. The van der Waals surface area contributed by atoms with Crippen molar-refractivity contribution < 1.29 is 14.3 Å². The van der Waals surface area contributed by atoms with Gasteiger partial charge in [-0.2, -0.15) is 0 Å². The molecule has 29 heavy (non-hydrogen) atoms. The highest BCUT2D eigenvalue weighted by Crippen LogP contribution is 2.41. The maximum Gasteiger partial charge on any atom is 0.227 e. The van der Waals surface area contributed by atoms with Crippen molar-refractivity contribution in [3.63, 3.8) is 0 Å². The molecule has 1 heterocycles. The van der Waals surface area contributed by atoms with Crippen LogP contribution in [0.15, 0.2) is 54.7 Å². The van der Waals surface area contributed by atoms with Crippen LogP contribution in [0.2, 0.25) is 0 Å². The van der Waals surface area contributed by atoms with E-state index >= 15 is 0 Å². The smallest absolute Gasteiger partial charge is 0.227 e. The van der Waals surface area contributed by atoms with Crippen molar-refractivity contribution in [3.8, 4) is 0 Å². The molecule has 0 atom stereocenters. The van der Waals surface area contributed by atoms with E-state index in [4.69, 9.17) is 0 Å². The molecule has 2 aromatic carbocycles. The third kappa shape index (κ3) is 4.46. The molecule has 0 spiro atoms. The van der Waals surface area contributed by atoms with Gasteiger partial charge in [0.25, 0.3) is 0 Å². The highest BCUT2D eigenvalue weighted by molar-refractivity contribution is 5.91. The van der Waals surface area contributed by atoms with Crippen LogP contribution < -0.4 is 5.32 Å². The Morgan fingerprint density at radius 1 is 1.17 bits per heavy atom. The minimum atomic E-state index is -1.00. The van der Waals surface area contributed by atoms with E-state index in [0.29, 0.717) is 12.8 Å². The van der Waals surface area contributed by atoms with Gasteiger partial charge in [-0.1, -0.05) is 17.7 Å². The lowest BCUT2D eigenvalue weighted by molar-refractivity contribution is -0.122. The monoisotopic (exact) mass is 392 g/mol. The lowest BCUT2D eigenvalue weighted by atomic mass is 9.74. The van der Waals surface area contributed by atoms with Crippen LogP contribution in [0.1, 0.15) is 49.1 Å². The number of carbonyl (C=O) groups is 1. The van der Waals surface area contributed by atoms with Gasteiger partial charge in [-0.05, 0) is 80.5 Å². The molecule has 1 amide bonds. The van der Waals surface area contributed by atoms with Gasteiger partial charge in [-0.15, -0.1) is 0 Å². The first kappa shape index (κ1) is 19.5. The van der Waals surface area contributed by atoms with Crippen molar-refractivity contribution in [2.45, 2.75) is 50.5 Å². The number of fused-ring (bicyclic) bond motifs is 1. The van der Waals surface area contributed by atoms with Gasteiger partial charge in [0.05, 0.1) is 17.5 Å². The number of carbonyl (C=O) groups excluding carboxylic acids is 1. The lowest BCUT2D eigenvalue weighted by Gasteiger charge is -2.36. The minimum absolute atomic E-state index is 0.0827. The molecule has 1 saturated carbocycles. The van der Waals surface area contributed by atoms with E-state index in [2.05, 4.69) is 10.3 Å². The summed E-state index contributed by atoms with van der Waals surface area (Å²) in [7, 11) is 0. The van der Waals surface area contributed by atoms with Crippen LogP contribution in [0, 0.1) is 12.7 Å². The van der Waals surface area contributed by atoms with Crippen molar-refractivity contribution >= 4 is 22.5 Å². The number of aromatic nitrogens is 1. The van der Waals surface area contributed by atoms with Gasteiger partial charge in [0.1, 0.15) is 5.82 Å². The fourth-order valence-electron chi connectivity index (χ4n) is 4.28. The third-order valence-electron chi connectivity index (χ3n) is 5.92. The molecular formula is C24H25FN2O2. The average molecular weight is 392 g/mol. The van der Waals surface area contributed by atoms with E-state index < -0.39 is 5.60 Å². The molecule has 0 aliphatic heterocycles. The second kappa shape index (κ2) is 7.91. The number of aliphatic hydroxyl groups is 1. The Hall–Kier alpha value is -2.79. The van der Waals surface area contributed by atoms with Crippen LogP contribution in [-0.4, -0.2) is 21.6 Å². The predicted molar refractivity (Wildman–Crippen MR) is 112 cm³/mol. The van der Waals surface area contributed by atoms with Crippen LogP contribution in [-0.2, 0) is 4.79 Å². The maximum atomic E-state index is 13.7. The summed E-state index contributed by atoms with van der Waals surface area (Å²) in [5, 5.41) is 14.7. The quantitative estimate of drug-likeness (QED) is 0.649. The summed E-state index contributed by atoms with van der Waals surface area (Å²) in [6.45, 7) is 1.99. The molecule has 150 valence electrons. The molecule has 5 heteroatoms. The average Bonchev–Trinajstić information content (AvgIpc) is 2.70. The molecule has 4 nitrogen and oxygen atoms in total. The van der Waals surface area contributed by atoms with Crippen molar-refractivity contribution in [1.29, 1.82) is 0 Å². The number of amides is 1. The zero-order valence-corrected chi connectivity index (χ0v) is 16.5. The lowest BCUT2D eigenvalue weighted by Crippen LogP contribution is -2.37. The first-order valence-electron chi connectivity index (χ1n) is 10.0. The Morgan fingerprint density at radius 3 is 2.62 bits per heavy atom. The number of nitrogens with zero attached hydrogens (tertiary/aromatic N) is 1. The van der Waals surface area contributed by atoms with Crippen LogP contribution in [0.5, 0.6) is 0 Å². The van der Waals surface area contributed by atoms with E-state index in [1.807, 2.05) is 37.3 Å². The fraction of sp³-hybridized carbons (Fsp3) is 0.333. The van der Waals surface area contributed by atoms with E-state index in [9.17, 15) is 14.3 Å². The molecule has 0 saturated heterocycles. The first-order valence-corrected chi connectivity index (χ1v) is 10.0. The van der Waals surface area contributed by atoms with Gasteiger partial charge in [0.2, 0.25) is 5.91 Å². The number of benzene rings is 2. The van der Waals surface area contributed by atoms with E-state index in [1.54, 1.807) is 12.3 Å². The fourth-order valence-corrected chi connectivity index (χ4v) is 4.28. The van der Waals surface area contributed by atoms with Crippen molar-refractivity contribution in [2.24, 2.45) is 0 Å². The van der Waals surface area contributed by atoms with Gasteiger partial charge in [0.15, 0.2) is 0 Å². The highest BCUT2D eigenvalue weighted by atomic mass is 19.1. The normalized spacial score (nSPS) is 21.8. The van der Waals surface area contributed by atoms with Gasteiger partial charge in [-0.25, -0.2) is 4.39 Å². The molecule has 1 aliphatic rings. The number of anilines is 1. The molecule has 0 bridgehead atoms. The number of hydrogen-bond donors (Lipinski definition) is 2. The van der Waals surface area contributed by atoms with Crippen LogP contribution >= 0.6 is 0 Å². The van der Waals surface area contributed by atoms with Gasteiger partial charge >= 0.3 is 0 Å². The first-order chi connectivity index (χ1) is 13.9. The highest BCUT2D eigenvalue weighted by Gasteiger charge is 2.36. The Balaban J connectivity index is 1.41. The molecular weight excluding hydrogens is 367 g/mol. The topological polar surface area (TPSA) is 62.2 Å². The second-order valence-electron chi connectivity index (χ2n) is 8.15. The van der Waals surface area contributed by atoms with Gasteiger partial charge in [0, 0.05) is 17.3 Å². The number of hydrogen-bond acceptors (Lipinski definition) is 3. The van der Waals surface area contributed by atoms with Crippen molar-refractivity contribution in [1.82, 2.24) is 4.98 Å². The minimum Gasteiger partial charge on any atom is -0.389 e. The van der Waals surface area contributed by atoms with E-state index in [1.165, 1.54) is 12.1 Å².